The molecule has 0 fully saturated rings. The van der Waals surface area contributed by atoms with Gasteiger partial charge in [-0.25, -0.2) is 18.1 Å². The van der Waals surface area contributed by atoms with Crippen molar-refractivity contribution in [2.75, 3.05) is 11.9 Å². The molecule has 3 rings (SSSR count). The second kappa shape index (κ2) is 5.19. The number of anilines is 1. The summed E-state index contributed by atoms with van der Waals surface area (Å²) < 4.78 is 32.0. The summed E-state index contributed by atoms with van der Waals surface area (Å²) in [5.41, 5.74) is 0.990. The highest BCUT2D eigenvalue weighted by Crippen LogP contribution is 2.29. The van der Waals surface area contributed by atoms with E-state index in [2.05, 4.69) is 20.0 Å². The van der Waals surface area contributed by atoms with Crippen LogP contribution in [0.5, 0.6) is 5.75 Å². The smallest absolute Gasteiger partial charge is 0.262 e. The molecule has 3 N–H and O–H groups in total. The number of ether oxygens (including phenoxy) is 1. The normalized spacial score (nSPS) is 14.2. The van der Waals surface area contributed by atoms with E-state index in [1.165, 1.54) is 30.7 Å². The molecule has 0 bridgehead atoms. The number of nitrogens with zero attached hydrogens (tertiary/aromatic N) is 1. The van der Waals surface area contributed by atoms with Gasteiger partial charge in [0.2, 0.25) is 10.0 Å². The van der Waals surface area contributed by atoms with Crippen LogP contribution in [0.2, 0.25) is 0 Å². The predicted molar refractivity (Wildman–Crippen MR) is 73.2 cm³/mol. The van der Waals surface area contributed by atoms with Crippen LogP contribution < -0.4 is 14.8 Å². The molecular weight excluding hydrogens is 296 g/mol. The van der Waals surface area contributed by atoms with Gasteiger partial charge in [0, 0.05) is 11.9 Å². The number of rotatable bonds is 4. The van der Waals surface area contributed by atoms with Gasteiger partial charge in [0.05, 0.1) is 23.5 Å². The second-order valence-electron chi connectivity index (χ2n) is 4.40. The van der Waals surface area contributed by atoms with Crippen LogP contribution in [-0.2, 0) is 21.4 Å². The van der Waals surface area contributed by atoms with Crippen LogP contribution in [-0.4, -0.2) is 30.9 Å². The molecule has 0 saturated heterocycles. The van der Waals surface area contributed by atoms with Gasteiger partial charge < -0.3 is 15.0 Å². The van der Waals surface area contributed by atoms with Gasteiger partial charge in [0.1, 0.15) is 5.75 Å². The van der Waals surface area contributed by atoms with Crippen molar-refractivity contribution in [1.82, 2.24) is 14.7 Å². The van der Waals surface area contributed by atoms with E-state index in [1.54, 1.807) is 0 Å². The highest BCUT2D eigenvalue weighted by atomic mass is 32.2. The maximum absolute atomic E-state index is 12.2. The van der Waals surface area contributed by atoms with E-state index in [9.17, 15) is 13.2 Å². The average molecular weight is 308 g/mol. The van der Waals surface area contributed by atoms with Crippen LogP contribution in [0.25, 0.3) is 0 Å². The molecule has 0 radical (unpaired) electrons. The van der Waals surface area contributed by atoms with Crippen molar-refractivity contribution < 1.29 is 17.9 Å². The molecule has 2 aromatic rings. The molecule has 0 unspecified atom stereocenters. The Morgan fingerprint density at radius 1 is 1.38 bits per heavy atom. The van der Waals surface area contributed by atoms with Gasteiger partial charge in [-0.3, -0.25) is 4.79 Å². The van der Waals surface area contributed by atoms with E-state index < -0.39 is 10.0 Å². The summed E-state index contributed by atoms with van der Waals surface area (Å²) in [5.74, 6) is 0.129. The third-order valence-electron chi connectivity index (χ3n) is 2.90. The lowest BCUT2D eigenvalue weighted by Crippen LogP contribution is -2.27. The van der Waals surface area contributed by atoms with Gasteiger partial charge in [0.15, 0.2) is 6.61 Å². The summed E-state index contributed by atoms with van der Waals surface area (Å²) in [5, 5.41) is 2.57. The van der Waals surface area contributed by atoms with Crippen LogP contribution in [0.1, 0.15) is 5.69 Å². The Morgan fingerprint density at radius 2 is 2.24 bits per heavy atom. The van der Waals surface area contributed by atoms with Crippen LogP contribution in [0.4, 0.5) is 5.69 Å². The highest BCUT2D eigenvalue weighted by Gasteiger charge is 2.20. The quantitative estimate of drug-likeness (QED) is 0.747. The maximum Gasteiger partial charge on any atom is 0.262 e. The monoisotopic (exact) mass is 308 g/mol. The molecule has 1 aliphatic rings. The Bertz CT molecular complexity index is 771. The van der Waals surface area contributed by atoms with E-state index in [4.69, 9.17) is 4.74 Å². The van der Waals surface area contributed by atoms with Crippen molar-refractivity contribution in [3.63, 3.8) is 0 Å². The number of carbonyl (C=O) groups is 1. The molecule has 0 spiro atoms. The molecule has 9 heteroatoms. The van der Waals surface area contributed by atoms with Crippen molar-refractivity contribution in [1.29, 1.82) is 0 Å². The summed E-state index contributed by atoms with van der Waals surface area (Å²) in [6.45, 7) is 0.0272. The van der Waals surface area contributed by atoms with E-state index in [1.807, 2.05) is 0 Å². The minimum Gasteiger partial charge on any atom is -0.482 e. The minimum absolute atomic E-state index is 0.0477. The zero-order chi connectivity index (χ0) is 14.9. The Kier molecular flexibility index (Phi) is 3.35. The minimum atomic E-state index is -3.69. The van der Waals surface area contributed by atoms with Gasteiger partial charge in [-0.05, 0) is 18.2 Å². The number of hydrogen-bond donors (Lipinski definition) is 3. The molecule has 21 heavy (non-hydrogen) atoms. The summed E-state index contributed by atoms with van der Waals surface area (Å²) in [7, 11) is -3.69. The van der Waals surface area contributed by atoms with Crippen molar-refractivity contribution in [2.45, 2.75) is 11.4 Å². The number of carbonyl (C=O) groups excluding carboxylic acids is 1. The second-order valence-corrected chi connectivity index (χ2v) is 6.16. The van der Waals surface area contributed by atoms with Crippen molar-refractivity contribution in [3.05, 3.63) is 36.4 Å². The van der Waals surface area contributed by atoms with E-state index in [0.29, 0.717) is 17.1 Å². The fourth-order valence-electron chi connectivity index (χ4n) is 1.87. The molecule has 1 aliphatic heterocycles. The summed E-state index contributed by atoms with van der Waals surface area (Å²) >= 11 is 0. The fraction of sp³-hybridized carbons (Fsp3) is 0.167. The molecule has 1 aromatic carbocycles. The molecule has 0 aliphatic carbocycles. The third kappa shape index (κ3) is 2.88. The first kappa shape index (κ1) is 13.6. The first-order chi connectivity index (χ1) is 10.0. The van der Waals surface area contributed by atoms with Crippen LogP contribution in [0.15, 0.2) is 35.6 Å². The fourth-order valence-corrected chi connectivity index (χ4v) is 2.90. The zero-order valence-corrected chi connectivity index (χ0v) is 11.6. The molecule has 0 saturated carbocycles. The number of aromatic amines is 1. The van der Waals surface area contributed by atoms with Gasteiger partial charge in [0.25, 0.3) is 5.91 Å². The SMILES string of the molecule is O=C1COc2ccc(S(=O)(=O)NCc3cnc[nH]3)cc2N1. The third-order valence-corrected chi connectivity index (χ3v) is 4.30. The first-order valence-electron chi connectivity index (χ1n) is 6.08. The summed E-state index contributed by atoms with van der Waals surface area (Å²) in [4.78, 5) is 17.9. The largest absolute Gasteiger partial charge is 0.482 e. The highest BCUT2D eigenvalue weighted by molar-refractivity contribution is 7.89. The molecule has 110 valence electrons. The number of hydrogen-bond acceptors (Lipinski definition) is 5. The lowest BCUT2D eigenvalue weighted by molar-refractivity contribution is -0.118. The van der Waals surface area contributed by atoms with Crippen molar-refractivity contribution in [2.24, 2.45) is 0 Å². The Balaban J connectivity index is 1.82. The zero-order valence-electron chi connectivity index (χ0n) is 10.8. The number of sulfonamides is 1. The number of benzene rings is 1. The first-order valence-corrected chi connectivity index (χ1v) is 7.56. The number of H-pyrrole nitrogens is 1. The molecule has 8 nitrogen and oxygen atoms in total. The van der Waals surface area contributed by atoms with Gasteiger partial charge in [-0.2, -0.15) is 0 Å². The van der Waals surface area contributed by atoms with Crippen molar-refractivity contribution in [3.8, 4) is 5.75 Å². The lowest BCUT2D eigenvalue weighted by Gasteiger charge is -2.18. The Labute approximate surface area is 120 Å². The number of amides is 1. The van der Waals surface area contributed by atoms with Crippen LogP contribution >= 0.6 is 0 Å². The number of fused-ring (bicyclic) bond motifs is 1. The topological polar surface area (TPSA) is 113 Å². The van der Waals surface area contributed by atoms with Gasteiger partial charge in [-0.15, -0.1) is 0 Å². The average Bonchev–Trinajstić information content (AvgIpc) is 2.98. The number of imidazole rings is 1. The lowest BCUT2D eigenvalue weighted by atomic mass is 10.2. The van der Waals surface area contributed by atoms with E-state index >= 15 is 0 Å². The molecular formula is C12H12N4O4S. The van der Waals surface area contributed by atoms with E-state index in [0.717, 1.165) is 0 Å². The van der Waals surface area contributed by atoms with Gasteiger partial charge >= 0.3 is 0 Å². The molecule has 1 amide bonds. The summed E-state index contributed by atoms with van der Waals surface area (Å²) in [6.07, 6.45) is 3.00. The number of nitrogens with one attached hydrogen (secondary N) is 3. The molecule has 1 aromatic heterocycles. The van der Waals surface area contributed by atoms with Gasteiger partial charge in [-0.1, -0.05) is 0 Å². The van der Waals surface area contributed by atoms with Crippen molar-refractivity contribution >= 4 is 21.6 Å². The summed E-state index contributed by atoms with van der Waals surface area (Å²) in [6, 6.07) is 4.30. The van der Waals surface area contributed by atoms with Crippen LogP contribution in [0.3, 0.4) is 0 Å². The number of aromatic nitrogens is 2. The maximum atomic E-state index is 12.2. The van der Waals surface area contributed by atoms with Crippen LogP contribution in [0, 0.1) is 0 Å². The standard InChI is InChI=1S/C12H12N4O4S/c17-12-6-20-11-2-1-9(3-10(11)16-12)21(18,19)15-5-8-4-13-7-14-8/h1-4,7,15H,5-6H2,(H,13,14)(H,16,17). The Hall–Kier alpha value is -2.39. The molecule has 2 heterocycles. The Morgan fingerprint density at radius 3 is 3.00 bits per heavy atom. The van der Waals surface area contributed by atoms with E-state index in [-0.39, 0.29) is 24.0 Å². The molecule has 0 atom stereocenters. The predicted octanol–water partition coefficient (Wildman–Crippen LogP) is 0.219.